The molecule has 29 heavy (non-hydrogen) atoms. The summed E-state index contributed by atoms with van der Waals surface area (Å²) in [5.74, 6) is 0.395. The maximum atomic E-state index is 12.7. The molecule has 2 aromatic rings. The number of pyridine rings is 1. The first kappa shape index (κ1) is 20.8. The summed E-state index contributed by atoms with van der Waals surface area (Å²) in [5.41, 5.74) is 1.52. The van der Waals surface area contributed by atoms with Gasteiger partial charge in [0.05, 0.1) is 31.5 Å². The number of benzene rings is 1. The van der Waals surface area contributed by atoms with Crippen molar-refractivity contribution in [1.29, 1.82) is 0 Å². The molecule has 2 heterocycles. The van der Waals surface area contributed by atoms with Crippen LogP contribution < -0.4 is 15.5 Å². The molecule has 0 bridgehead atoms. The Labute approximate surface area is 171 Å². The highest BCUT2D eigenvalue weighted by atomic mass is 16.5. The second-order valence-corrected chi connectivity index (χ2v) is 7.45. The summed E-state index contributed by atoms with van der Waals surface area (Å²) in [6.45, 7) is 6.82. The number of hydrogen-bond donors (Lipinski definition) is 2. The van der Waals surface area contributed by atoms with E-state index in [4.69, 9.17) is 4.74 Å². The van der Waals surface area contributed by atoms with Crippen molar-refractivity contribution >= 4 is 23.3 Å². The summed E-state index contributed by atoms with van der Waals surface area (Å²) in [4.78, 5) is 31.7. The largest absolute Gasteiger partial charge is 0.378 e. The fraction of sp³-hybridized carbons (Fsp3) is 0.409. The average Bonchev–Trinajstić information content (AvgIpc) is 2.73. The fourth-order valence-corrected chi connectivity index (χ4v) is 3.20. The lowest BCUT2D eigenvalue weighted by molar-refractivity contribution is -0.127. The van der Waals surface area contributed by atoms with E-state index in [1.54, 1.807) is 6.20 Å². The Balaban J connectivity index is 1.58. The summed E-state index contributed by atoms with van der Waals surface area (Å²) in [6.07, 6.45) is 1.89. The monoisotopic (exact) mass is 396 g/mol. The molecule has 2 N–H and O–H groups in total. The third kappa shape index (κ3) is 6.02. The van der Waals surface area contributed by atoms with Crippen LogP contribution in [0.4, 0.5) is 11.5 Å². The van der Waals surface area contributed by atoms with Crippen LogP contribution in [0.25, 0.3) is 0 Å². The molecular formula is C22H28N4O3. The Morgan fingerprint density at radius 3 is 2.45 bits per heavy atom. The third-order valence-corrected chi connectivity index (χ3v) is 4.82. The van der Waals surface area contributed by atoms with Crippen LogP contribution in [0.2, 0.25) is 0 Å². The van der Waals surface area contributed by atoms with Crippen molar-refractivity contribution in [3.05, 3.63) is 54.2 Å². The first-order valence-corrected chi connectivity index (χ1v) is 9.96. The number of aromatic nitrogens is 1. The summed E-state index contributed by atoms with van der Waals surface area (Å²) in [7, 11) is 0. The van der Waals surface area contributed by atoms with Crippen molar-refractivity contribution in [3.63, 3.8) is 0 Å². The predicted octanol–water partition coefficient (Wildman–Crippen LogP) is 2.24. The number of nitrogens with one attached hydrogen (secondary N) is 2. The molecule has 1 unspecified atom stereocenters. The topological polar surface area (TPSA) is 83.6 Å². The van der Waals surface area contributed by atoms with E-state index >= 15 is 0 Å². The van der Waals surface area contributed by atoms with Crippen LogP contribution in [0.3, 0.4) is 0 Å². The molecule has 1 aromatic carbocycles. The number of hydrogen-bond acceptors (Lipinski definition) is 5. The Bertz CT molecular complexity index is 803. The van der Waals surface area contributed by atoms with E-state index in [0.717, 1.165) is 24.5 Å². The normalized spacial score (nSPS) is 15.1. The van der Waals surface area contributed by atoms with Crippen molar-refractivity contribution in [3.8, 4) is 0 Å². The zero-order valence-corrected chi connectivity index (χ0v) is 16.9. The molecule has 0 spiro atoms. The second-order valence-electron chi connectivity index (χ2n) is 7.45. The van der Waals surface area contributed by atoms with E-state index in [0.29, 0.717) is 18.9 Å². The first-order chi connectivity index (χ1) is 14.0. The maximum Gasteiger partial charge on any atom is 0.247 e. The van der Waals surface area contributed by atoms with Crippen LogP contribution in [0.5, 0.6) is 0 Å². The number of ether oxygens (including phenoxy) is 1. The Kier molecular flexibility index (Phi) is 7.19. The van der Waals surface area contributed by atoms with Gasteiger partial charge in [-0.2, -0.15) is 0 Å². The molecule has 7 nitrogen and oxygen atoms in total. The molecule has 1 aliphatic rings. The van der Waals surface area contributed by atoms with Crippen LogP contribution in [-0.2, 0) is 20.7 Å². The third-order valence-electron chi connectivity index (χ3n) is 4.82. The van der Waals surface area contributed by atoms with Crippen molar-refractivity contribution in [2.75, 3.05) is 36.5 Å². The fourth-order valence-electron chi connectivity index (χ4n) is 3.20. The molecule has 7 heteroatoms. The number of morpholine rings is 1. The molecule has 1 saturated heterocycles. The van der Waals surface area contributed by atoms with E-state index in [-0.39, 0.29) is 24.2 Å². The molecule has 0 aliphatic carbocycles. The van der Waals surface area contributed by atoms with Gasteiger partial charge in [-0.15, -0.1) is 0 Å². The van der Waals surface area contributed by atoms with Crippen LogP contribution in [-0.4, -0.2) is 49.1 Å². The van der Waals surface area contributed by atoms with E-state index in [1.165, 1.54) is 0 Å². The van der Waals surface area contributed by atoms with Gasteiger partial charge in [-0.3, -0.25) is 9.59 Å². The summed E-state index contributed by atoms with van der Waals surface area (Å²) < 4.78 is 5.35. The average molecular weight is 396 g/mol. The van der Waals surface area contributed by atoms with Gasteiger partial charge in [-0.1, -0.05) is 44.2 Å². The molecule has 1 atom stereocenters. The second kappa shape index (κ2) is 10.0. The number of amides is 2. The quantitative estimate of drug-likeness (QED) is 0.750. The Hall–Kier alpha value is -2.93. The van der Waals surface area contributed by atoms with Gasteiger partial charge in [-0.05, 0) is 23.6 Å². The van der Waals surface area contributed by atoms with Crippen molar-refractivity contribution < 1.29 is 14.3 Å². The molecule has 0 saturated carbocycles. The van der Waals surface area contributed by atoms with E-state index in [1.807, 2.05) is 56.3 Å². The minimum Gasteiger partial charge on any atom is -0.378 e. The smallest absolute Gasteiger partial charge is 0.247 e. The lowest BCUT2D eigenvalue weighted by atomic mass is 10.0. The van der Waals surface area contributed by atoms with Gasteiger partial charge in [0.1, 0.15) is 11.9 Å². The molecule has 154 valence electrons. The van der Waals surface area contributed by atoms with Gasteiger partial charge in [0, 0.05) is 13.1 Å². The predicted molar refractivity (Wildman–Crippen MR) is 113 cm³/mol. The van der Waals surface area contributed by atoms with Crippen molar-refractivity contribution in [1.82, 2.24) is 10.3 Å². The number of nitrogens with zero attached hydrogens (tertiary/aromatic N) is 2. The molecule has 0 radical (unpaired) electrons. The van der Waals surface area contributed by atoms with Crippen LogP contribution in [0, 0.1) is 5.92 Å². The highest BCUT2D eigenvalue weighted by Gasteiger charge is 2.24. The Morgan fingerprint density at radius 1 is 1.10 bits per heavy atom. The van der Waals surface area contributed by atoms with E-state index in [2.05, 4.69) is 20.5 Å². The summed E-state index contributed by atoms with van der Waals surface area (Å²) in [6, 6.07) is 12.6. The van der Waals surface area contributed by atoms with Gasteiger partial charge < -0.3 is 20.3 Å². The van der Waals surface area contributed by atoms with Crippen LogP contribution >= 0.6 is 0 Å². The van der Waals surface area contributed by atoms with Gasteiger partial charge in [0.2, 0.25) is 11.8 Å². The molecule has 3 rings (SSSR count). The van der Waals surface area contributed by atoms with Gasteiger partial charge in [0.15, 0.2) is 0 Å². The zero-order chi connectivity index (χ0) is 20.6. The molecular weight excluding hydrogens is 368 g/mol. The molecule has 1 aliphatic heterocycles. The van der Waals surface area contributed by atoms with Crippen molar-refractivity contribution in [2.24, 2.45) is 5.92 Å². The molecule has 2 amide bonds. The number of anilines is 2. The number of carbonyl (C=O) groups is 2. The van der Waals surface area contributed by atoms with Gasteiger partial charge in [0.25, 0.3) is 0 Å². The minimum absolute atomic E-state index is 0.0460. The van der Waals surface area contributed by atoms with E-state index in [9.17, 15) is 9.59 Å². The summed E-state index contributed by atoms with van der Waals surface area (Å²) >= 11 is 0. The summed E-state index contributed by atoms with van der Waals surface area (Å²) in [5, 5.41) is 5.72. The van der Waals surface area contributed by atoms with Crippen LogP contribution in [0.15, 0.2) is 48.7 Å². The lowest BCUT2D eigenvalue weighted by Crippen LogP contribution is -2.47. The maximum absolute atomic E-state index is 12.7. The van der Waals surface area contributed by atoms with E-state index < -0.39 is 6.04 Å². The Morgan fingerprint density at radius 2 is 1.83 bits per heavy atom. The SMILES string of the molecule is CC(C)C(NC(=O)Cc1ccccc1)C(=O)Nc1ccc(N2CCOCC2)nc1. The van der Waals surface area contributed by atoms with Crippen LogP contribution in [0.1, 0.15) is 19.4 Å². The van der Waals surface area contributed by atoms with Gasteiger partial charge >= 0.3 is 0 Å². The van der Waals surface area contributed by atoms with Crippen molar-refractivity contribution in [2.45, 2.75) is 26.3 Å². The van der Waals surface area contributed by atoms with Gasteiger partial charge in [-0.25, -0.2) is 4.98 Å². The zero-order valence-electron chi connectivity index (χ0n) is 16.9. The molecule has 1 fully saturated rings. The standard InChI is InChI=1S/C22H28N4O3/c1-16(2)21(25-20(27)14-17-6-4-3-5-7-17)22(28)24-18-8-9-19(23-15-18)26-10-12-29-13-11-26/h3-9,15-16,21H,10-14H2,1-2H3,(H,24,28)(H,25,27). The first-order valence-electron chi connectivity index (χ1n) is 9.96. The minimum atomic E-state index is -0.620. The number of rotatable bonds is 7. The highest BCUT2D eigenvalue weighted by molar-refractivity contribution is 5.97. The molecule has 1 aromatic heterocycles. The lowest BCUT2D eigenvalue weighted by Gasteiger charge is -2.27. The highest BCUT2D eigenvalue weighted by Crippen LogP contribution is 2.16. The number of carbonyl (C=O) groups excluding carboxylic acids is 2.